The lowest BCUT2D eigenvalue weighted by atomic mass is 10.1. The zero-order valence-electron chi connectivity index (χ0n) is 12.3. The summed E-state index contributed by atoms with van der Waals surface area (Å²) in [5.41, 5.74) is 1.27. The summed E-state index contributed by atoms with van der Waals surface area (Å²) in [6.45, 7) is 0. The van der Waals surface area contributed by atoms with E-state index in [-0.39, 0.29) is 11.5 Å². The van der Waals surface area contributed by atoms with Gasteiger partial charge in [-0.1, -0.05) is 18.2 Å². The molecule has 2 rings (SSSR count). The van der Waals surface area contributed by atoms with Gasteiger partial charge in [0.2, 0.25) is 0 Å². The van der Waals surface area contributed by atoms with Crippen LogP contribution in [0, 0.1) is 5.82 Å². The Morgan fingerprint density at radius 3 is 2.59 bits per heavy atom. The molecule has 0 fully saturated rings. The first-order valence-electron chi connectivity index (χ1n) is 6.59. The summed E-state index contributed by atoms with van der Waals surface area (Å²) in [7, 11) is 1.37. The Labute approximate surface area is 133 Å². The van der Waals surface area contributed by atoms with Gasteiger partial charge in [-0.2, -0.15) is 0 Å². The van der Waals surface area contributed by atoms with Crippen LogP contribution in [0.25, 0.3) is 0 Å². The van der Waals surface area contributed by atoms with E-state index >= 15 is 0 Å². The molecule has 0 amide bonds. The van der Waals surface area contributed by atoms with Gasteiger partial charge in [0.25, 0.3) is 0 Å². The fraction of sp³-hybridized carbons (Fsp3) is 0.118. The predicted molar refractivity (Wildman–Crippen MR) is 88.9 cm³/mol. The molecule has 0 spiro atoms. The monoisotopic (exact) mass is 317 g/mol. The number of rotatable bonds is 6. The molecular formula is C17H16FNO2S. The van der Waals surface area contributed by atoms with E-state index in [0.717, 1.165) is 5.69 Å². The van der Waals surface area contributed by atoms with Crippen molar-refractivity contribution in [2.24, 2.45) is 0 Å². The molecule has 0 heterocycles. The minimum Gasteiger partial charge on any atom is -0.494 e. The van der Waals surface area contributed by atoms with Gasteiger partial charge in [0.05, 0.1) is 12.1 Å². The van der Waals surface area contributed by atoms with Crippen LogP contribution in [0.1, 0.15) is 10.4 Å². The Morgan fingerprint density at radius 1 is 1.23 bits per heavy atom. The first kappa shape index (κ1) is 16.1. The Balaban J connectivity index is 2.20. The molecule has 0 bridgehead atoms. The van der Waals surface area contributed by atoms with E-state index < -0.39 is 5.82 Å². The summed E-state index contributed by atoms with van der Waals surface area (Å²) in [5.74, 6) is -0.650. The molecule has 22 heavy (non-hydrogen) atoms. The second kappa shape index (κ2) is 7.66. The number of ketones is 1. The first-order valence-corrected chi connectivity index (χ1v) is 7.82. The molecule has 2 aromatic rings. The molecule has 5 heteroatoms. The summed E-state index contributed by atoms with van der Waals surface area (Å²) in [4.78, 5) is 12.3. The van der Waals surface area contributed by atoms with Crippen LogP contribution in [0.3, 0.4) is 0 Å². The topological polar surface area (TPSA) is 38.3 Å². The van der Waals surface area contributed by atoms with Crippen molar-refractivity contribution in [1.82, 2.24) is 0 Å². The van der Waals surface area contributed by atoms with E-state index in [1.807, 2.05) is 36.6 Å². The lowest BCUT2D eigenvalue weighted by molar-refractivity contribution is 0.104. The van der Waals surface area contributed by atoms with Gasteiger partial charge in [-0.05, 0) is 36.6 Å². The van der Waals surface area contributed by atoms with Crippen molar-refractivity contribution in [2.75, 3.05) is 18.7 Å². The third-order valence-electron chi connectivity index (χ3n) is 2.96. The highest BCUT2D eigenvalue weighted by Gasteiger charge is 2.09. The molecule has 114 valence electrons. The van der Waals surface area contributed by atoms with Gasteiger partial charge in [-0.15, -0.1) is 11.8 Å². The summed E-state index contributed by atoms with van der Waals surface area (Å²) in [6.07, 6.45) is 3.37. The summed E-state index contributed by atoms with van der Waals surface area (Å²) < 4.78 is 18.3. The van der Waals surface area contributed by atoms with Crippen LogP contribution >= 0.6 is 11.8 Å². The first-order chi connectivity index (χ1) is 10.6. The van der Waals surface area contributed by atoms with E-state index in [2.05, 4.69) is 5.32 Å². The van der Waals surface area contributed by atoms with Crippen LogP contribution in [-0.4, -0.2) is 19.1 Å². The normalized spacial score (nSPS) is 11.1. The number of nitrogens with one attached hydrogen (secondary N) is 1. The fourth-order valence-corrected chi connectivity index (χ4v) is 2.27. The molecule has 0 aliphatic carbocycles. The van der Waals surface area contributed by atoms with Crippen LogP contribution in [0.4, 0.5) is 10.1 Å². The lowest BCUT2D eigenvalue weighted by Crippen LogP contribution is -2.02. The van der Waals surface area contributed by atoms with Crippen LogP contribution < -0.4 is 10.1 Å². The average Bonchev–Trinajstić information content (AvgIpc) is 2.55. The number of benzene rings is 2. The Hall–Kier alpha value is -2.27. The Morgan fingerprint density at radius 2 is 1.95 bits per heavy atom. The number of hydrogen-bond donors (Lipinski definition) is 1. The minimum atomic E-state index is -0.490. The van der Waals surface area contributed by atoms with Crippen molar-refractivity contribution in [3.8, 4) is 5.75 Å². The molecule has 2 aromatic carbocycles. The van der Waals surface area contributed by atoms with Gasteiger partial charge in [0.1, 0.15) is 0 Å². The van der Waals surface area contributed by atoms with E-state index in [9.17, 15) is 9.18 Å². The Bertz CT molecular complexity index is 686. The molecule has 0 aliphatic rings. The van der Waals surface area contributed by atoms with Gasteiger partial charge >= 0.3 is 0 Å². The minimum absolute atomic E-state index is 0.0565. The number of carbonyl (C=O) groups excluding carboxylic acids is 1. The number of ether oxygens (including phenoxy) is 1. The van der Waals surface area contributed by atoms with Gasteiger partial charge in [0.15, 0.2) is 17.3 Å². The molecule has 0 unspecified atom stereocenters. The van der Waals surface area contributed by atoms with Crippen LogP contribution in [0.2, 0.25) is 0 Å². The highest BCUT2D eigenvalue weighted by atomic mass is 32.2. The standard InChI is InChI=1S/C17H16FNO2S/c1-21-16-10-12(8-9-14(16)18)15(20)11-17(22-2)19-13-6-4-3-5-7-13/h3-11,19H,1-2H3. The van der Waals surface area contributed by atoms with Crippen LogP contribution in [-0.2, 0) is 0 Å². The summed E-state index contributed by atoms with van der Waals surface area (Å²) >= 11 is 1.42. The number of anilines is 1. The molecule has 0 saturated heterocycles. The van der Waals surface area contributed by atoms with Gasteiger partial charge in [-0.25, -0.2) is 4.39 Å². The number of para-hydroxylation sites is 1. The maximum absolute atomic E-state index is 13.4. The van der Waals surface area contributed by atoms with Crippen molar-refractivity contribution in [3.05, 3.63) is 71.0 Å². The molecule has 0 aliphatic heterocycles. The highest BCUT2D eigenvalue weighted by molar-refractivity contribution is 8.02. The third-order valence-corrected chi connectivity index (χ3v) is 3.62. The van der Waals surface area contributed by atoms with E-state index in [0.29, 0.717) is 10.6 Å². The number of hydrogen-bond acceptors (Lipinski definition) is 4. The number of allylic oxidation sites excluding steroid dienone is 1. The SMILES string of the molecule is COc1cc(C(=O)C=C(Nc2ccccc2)SC)ccc1F. The molecule has 0 radical (unpaired) electrons. The van der Waals surface area contributed by atoms with Crippen molar-refractivity contribution in [1.29, 1.82) is 0 Å². The predicted octanol–water partition coefficient (Wildman–Crippen LogP) is 4.33. The average molecular weight is 317 g/mol. The largest absolute Gasteiger partial charge is 0.494 e. The number of carbonyl (C=O) groups is 1. The van der Waals surface area contributed by atoms with Gasteiger partial charge < -0.3 is 10.1 Å². The number of thioether (sulfide) groups is 1. The maximum atomic E-state index is 13.4. The smallest absolute Gasteiger partial charge is 0.188 e. The lowest BCUT2D eigenvalue weighted by Gasteiger charge is -2.08. The number of methoxy groups -OCH3 is 1. The van der Waals surface area contributed by atoms with Crippen molar-refractivity contribution < 1.29 is 13.9 Å². The quantitative estimate of drug-likeness (QED) is 0.635. The Kier molecular flexibility index (Phi) is 5.61. The highest BCUT2D eigenvalue weighted by Crippen LogP contribution is 2.21. The summed E-state index contributed by atoms with van der Waals surface area (Å²) in [6, 6.07) is 13.6. The molecule has 0 saturated carbocycles. The van der Waals surface area contributed by atoms with Crippen LogP contribution in [0.15, 0.2) is 59.6 Å². The third kappa shape index (κ3) is 4.11. The van der Waals surface area contributed by atoms with E-state index in [4.69, 9.17) is 4.74 Å². The molecule has 3 nitrogen and oxygen atoms in total. The fourth-order valence-electron chi connectivity index (χ4n) is 1.83. The van der Waals surface area contributed by atoms with E-state index in [1.54, 1.807) is 0 Å². The van der Waals surface area contributed by atoms with Crippen molar-refractivity contribution >= 4 is 23.2 Å². The second-order valence-corrected chi connectivity index (χ2v) is 5.27. The van der Waals surface area contributed by atoms with E-state index in [1.165, 1.54) is 43.1 Å². The molecular weight excluding hydrogens is 301 g/mol. The zero-order chi connectivity index (χ0) is 15.9. The molecule has 0 atom stereocenters. The molecule has 0 aromatic heterocycles. The zero-order valence-corrected chi connectivity index (χ0v) is 13.1. The van der Waals surface area contributed by atoms with Crippen molar-refractivity contribution in [3.63, 3.8) is 0 Å². The maximum Gasteiger partial charge on any atom is 0.188 e. The molecule has 1 N–H and O–H groups in total. The number of halogens is 1. The second-order valence-electron chi connectivity index (χ2n) is 4.42. The van der Waals surface area contributed by atoms with Crippen LogP contribution in [0.5, 0.6) is 5.75 Å². The summed E-state index contributed by atoms with van der Waals surface area (Å²) in [5, 5.41) is 3.88. The van der Waals surface area contributed by atoms with Crippen molar-refractivity contribution in [2.45, 2.75) is 0 Å². The van der Waals surface area contributed by atoms with Gasteiger partial charge in [-0.3, -0.25) is 4.79 Å². The van der Waals surface area contributed by atoms with Gasteiger partial charge in [0, 0.05) is 17.3 Å².